The summed E-state index contributed by atoms with van der Waals surface area (Å²) in [6, 6.07) is 13.1. The summed E-state index contributed by atoms with van der Waals surface area (Å²) in [4.78, 5) is 30.2. The van der Waals surface area contributed by atoms with Gasteiger partial charge in [0.1, 0.15) is 5.56 Å². The van der Waals surface area contributed by atoms with Gasteiger partial charge in [-0.05, 0) is 43.0 Å². The van der Waals surface area contributed by atoms with E-state index >= 15 is 0 Å². The largest absolute Gasteiger partial charge is 0.462 e. The number of hydrogen-bond acceptors (Lipinski definition) is 6. The van der Waals surface area contributed by atoms with Crippen LogP contribution in [0.3, 0.4) is 0 Å². The molecule has 0 aliphatic rings. The van der Waals surface area contributed by atoms with Crippen molar-refractivity contribution in [3.8, 4) is 5.82 Å². The quantitative estimate of drug-likeness (QED) is 0.502. The Morgan fingerprint density at radius 3 is 2.79 bits per heavy atom. The molecule has 0 fully saturated rings. The summed E-state index contributed by atoms with van der Waals surface area (Å²) in [5, 5.41) is 9.95. The number of rotatable bonds is 5. The molecule has 3 aromatic heterocycles. The molecule has 0 bridgehead atoms. The van der Waals surface area contributed by atoms with Crippen molar-refractivity contribution in [2.75, 3.05) is 11.9 Å². The first-order valence-electron chi connectivity index (χ1n) is 9.05. The molecule has 1 N–H and O–H groups in total. The number of benzene rings is 1. The number of pyridine rings is 1. The van der Waals surface area contributed by atoms with Gasteiger partial charge in [-0.25, -0.2) is 9.78 Å². The number of nitrogens with zero attached hydrogens (tertiary/aromatic N) is 3. The second-order valence-corrected chi connectivity index (χ2v) is 7.23. The van der Waals surface area contributed by atoms with E-state index in [1.165, 1.54) is 22.2 Å². The Hall–Kier alpha value is -3.52. The third-order valence-electron chi connectivity index (χ3n) is 4.37. The lowest BCUT2D eigenvalue weighted by atomic mass is 10.1. The fourth-order valence-electron chi connectivity index (χ4n) is 3.02. The second kappa shape index (κ2) is 7.84. The molecular weight excluding hydrogens is 388 g/mol. The predicted molar refractivity (Wildman–Crippen MR) is 112 cm³/mol. The molecule has 4 rings (SSSR count). The molecule has 0 spiro atoms. The highest BCUT2D eigenvalue weighted by Gasteiger charge is 2.23. The average Bonchev–Trinajstić information content (AvgIpc) is 3.38. The van der Waals surface area contributed by atoms with Gasteiger partial charge < -0.3 is 10.1 Å². The number of thiophene rings is 1. The first-order valence-corrected chi connectivity index (χ1v) is 9.93. The van der Waals surface area contributed by atoms with Crippen LogP contribution in [0.4, 0.5) is 5.82 Å². The van der Waals surface area contributed by atoms with Crippen LogP contribution in [-0.4, -0.2) is 33.2 Å². The molecule has 8 heteroatoms. The lowest BCUT2D eigenvalue weighted by Gasteiger charge is -2.11. The molecule has 0 saturated heterocycles. The van der Waals surface area contributed by atoms with Crippen LogP contribution in [-0.2, 0) is 4.74 Å². The molecule has 1 amide bonds. The number of hydrogen-bond donors (Lipinski definition) is 1. The van der Waals surface area contributed by atoms with Gasteiger partial charge in [-0.1, -0.05) is 24.3 Å². The van der Waals surface area contributed by atoms with Crippen LogP contribution in [0.25, 0.3) is 16.7 Å². The van der Waals surface area contributed by atoms with E-state index < -0.39 is 5.97 Å². The molecule has 0 saturated carbocycles. The third kappa shape index (κ3) is 3.62. The first-order chi connectivity index (χ1) is 14.1. The summed E-state index contributed by atoms with van der Waals surface area (Å²) in [6.45, 7) is 3.92. The van der Waals surface area contributed by atoms with Gasteiger partial charge >= 0.3 is 5.97 Å². The highest BCUT2D eigenvalue weighted by atomic mass is 32.1. The molecule has 7 nitrogen and oxygen atoms in total. The van der Waals surface area contributed by atoms with E-state index in [0.717, 1.165) is 16.5 Å². The number of anilines is 1. The number of nitrogens with one attached hydrogen (secondary N) is 1. The standard InChI is InChI=1S/C21H18N4O3S/c1-3-28-21(27)15-12-22-25(19(15)24-20(26)17-9-6-10-29-17)18-11-13(2)14-7-4-5-8-16(14)23-18/h4-12H,3H2,1-2H3,(H,24,26). The fourth-order valence-corrected chi connectivity index (χ4v) is 3.64. The van der Waals surface area contributed by atoms with Crippen LogP contribution >= 0.6 is 11.3 Å². The molecule has 3 heterocycles. The van der Waals surface area contributed by atoms with E-state index in [2.05, 4.69) is 15.4 Å². The van der Waals surface area contributed by atoms with Crippen LogP contribution in [0.2, 0.25) is 0 Å². The van der Waals surface area contributed by atoms with E-state index in [1.54, 1.807) is 19.1 Å². The maximum Gasteiger partial charge on any atom is 0.343 e. The molecule has 29 heavy (non-hydrogen) atoms. The maximum atomic E-state index is 12.7. The van der Waals surface area contributed by atoms with E-state index in [0.29, 0.717) is 10.7 Å². The van der Waals surface area contributed by atoms with Crippen molar-refractivity contribution in [3.05, 3.63) is 70.0 Å². The molecule has 0 atom stereocenters. The van der Waals surface area contributed by atoms with Crippen LogP contribution in [0.15, 0.2) is 54.0 Å². The topological polar surface area (TPSA) is 86.1 Å². The highest BCUT2D eigenvalue weighted by molar-refractivity contribution is 7.12. The van der Waals surface area contributed by atoms with Crippen LogP contribution in [0, 0.1) is 6.92 Å². The van der Waals surface area contributed by atoms with Crippen molar-refractivity contribution in [2.45, 2.75) is 13.8 Å². The van der Waals surface area contributed by atoms with Crippen LogP contribution in [0.1, 0.15) is 32.5 Å². The number of carbonyl (C=O) groups is 2. The lowest BCUT2D eigenvalue weighted by molar-refractivity contribution is 0.0527. The van der Waals surface area contributed by atoms with Crippen LogP contribution < -0.4 is 5.32 Å². The minimum Gasteiger partial charge on any atom is -0.462 e. The minimum absolute atomic E-state index is 0.171. The van der Waals surface area contributed by atoms with Gasteiger partial charge in [-0.3, -0.25) is 4.79 Å². The molecular formula is C21H18N4O3S. The number of para-hydroxylation sites is 1. The summed E-state index contributed by atoms with van der Waals surface area (Å²) < 4.78 is 6.58. The van der Waals surface area contributed by atoms with E-state index in [4.69, 9.17) is 4.74 Å². The Labute approximate surface area is 171 Å². The van der Waals surface area contributed by atoms with Gasteiger partial charge in [0, 0.05) is 5.39 Å². The number of fused-ring (bicyclic) bond motifs is 1. The molecule has 0 unspecified atom stereocenters. The first kappa shape index (κ1) is 18.8. The van der Waals surface area contributed by atoms with Crippen molar-refractivity contribution in [1.82, 2.24) is 14.8 Å². The predicted octanol–water partition coefficient (Wildman–Crippen LogP) is 4.22. The van der Waals surface area contributed by atoms with Crippen molar-refractivity contribution in [1.29, 1.82) is 0 Å². The minimum atomic E-state index is -0.558. The number of esters is 1. The molecule has 146 valence electrons. The normalized spacial score (nSPS) is 10.8. The zero-order valence-electron chi connectivity index (χ0n) is 15.9. The number of amides is 1. The summed E-state index contributed by atoms with van der Waals surface area (Å²) in [5.74, 6) is -0.162. The van der Waals surface area contributed by atoms with Crippen molar-refractivity contribution in [2.24, 2.45) is 0 Å². The van der Waals surface area contributed by atoms with Crippen LogP contribution in [0.5, 0.6) is 0 Å². The molecule has 0 radical (unpaired) electrons. The smallest absolute Gasteiger partial charge is 0.343 e. The fraction of sp³-hybridized carbons (Fsp3) is 0.143. The Bertz CT molecular complexity index is 1200. The zero-order chi connectivity index (χ0) is 20.4. The van der Waals surface area contributed by atoms with Crippen molar-refractivity contribution >= 4 is 39.9 Å². The molecule has 0 aliphatic carbocycles. The van der Waals surface area contributed by atoms with Crippen molar-refractivity contribution in [3.63, 3.8) is 0 Å². The Kier molecular flexibility index (Phi) is 5.09. The highest BCUT2D eigenvalue weighted by Crippen LogP contribution is 2.25. The summed E-state index contributed by atoms with van der Waals surface area (Å²) >= 11 is 1.31. The summed E-state index contributed by atoms with van der Waals surface area (Å²) in [5.41, 5.74) is 1.98. The monoisotopic (exact) mass is 406 g/mol. The SMILES string of the molecule is CCOC(=O)c1cnn(-c2cc(C)c3ccccc3n2)c1NC(=O)c1cccs1. The third-order valence-corrected chi connectivity index (χ3v) is 5.24. The second-order valence-electron chi connectivity index (χ2n) is 6.29. The number of aromatic nitrogens is 3. The summed E-state index contributed by atoms with van der Waals surface area (Å²) in [7, 11) is 0. The zero-order valence-corrected chi connectivity index (χ0v) is 16.7. The summed E-state index contributed by atoms with van der Waals surface area (Å²) in [6.07, 6.45) is 1.38. The number of carbonyl (C=O) groups excluding carboxylic acids is 2. The molecule has 4 aromatic rings. The van der Waals surface area contributed by atoms with Gasteiger partial charge in [0.15, 0.2) is 11.6 Å². The average molecular weight is 406 g/mol. The van der Waals surface area contributed by atoms with E-state index in [9.17, 15) is 9.59 Å². The Morgan fingerprint density at radius 2 is 2.03 bits per heavy atom. The van der Waals surface area contributed by atoms with Gasteiger partial charge in [0.25, 0.3) is 5.91 Å². The molecule has 1 aromatic carbocycles. The Morgan fingerprint density at radius 1 is 1.21 bits per heavy atom. The van der Waals surface area contributed by atoms with E-state index in [-0.39, 0.29) is 23.9 Å². The van der Waals surface area contributed by atoms with Crippen molar-refractivity contribution < 1.29 is 14.3 Å². The number of ether oxygens (including phenoxy) is 1. The maximum absolute atomic E-state index is 12.7. The van der Waals surface area contributed by atoms with Gasteiger partial charge in [0.2, 0.25) is 0 Å². The lowest BCUT2D eigenvalue weighted by Crippen LogP contribution is -2.17. The molecule has 0 aliphatic heterocycles. The van der Waals surface area contributed by atoms with Gasteiger partial charge in [0.05, 0.1) is 23.2 Å². The van der Waals surface area contributed by atoms with E-state index in [1.807, 2.05) is 42.6 Å². The van der Waals surface area contributed by atoms with Gasteiger partial charge in [-0.2, -0.15) is 9.78 Å². The number of aryl methyl sites for hydroxylation is 1. The van der Waals surface area contributed by atoms with Gasteiger partial charge in [-0.15, -0.1) is 11.3 Å². The Balaban J connectivity index is 1.83.